The van der Waals surface area contributed by atoms with Crippen LogP contribution in [0.25, 0.3) is 20.7 Å². The number of Topliss-reactive ketones (excluding diaryl/α,β-unsaturated/α-hetero) is 1. The molecule has 0 atom stereocenters. The summed E-state index contributed by atoms with van der Waals surface area (Å²) in [5.41, 5.74) is 4.64. The van der Waals surface area contributed by atoms with E-state index in [2.05, 4.69) is 20.5 Å². The van der Waals surface area contributed by atoms with Crippen LogP contribution in [0.3, 0.4) is 0 Å². The van der Waals surface area contributed by atoms with Crippen LogP contribution in [0.4, 0.5) is 19.3 Å². The minimum atomic E-state index is -0.719. The van der Waals surface area contributed by atoms with Crippen molar-refractivity contribution in [3.63, 3.8) is 0 Å². The number of urea groups is 1. The Balaban J connectivity index is 1.71. The fourth-order valence-electron chi connectivity index (χ4n) is 5.31. The summed E-state index contributed by atoms with van der Waals surface area (Å²) < 4.78 is 31.4. The maximum Gasteiger partial charge on any atom is 0.343 e. The van der Waals surface area contributed by atoms with Crippen molar-refractivity contribution >= 4 is 39.1 Å². The molecular formula is C35H34F2N4O4S. The zero-order valence-electron chi connectivity index (χ0n) is 25.9. The first-order chi connectivity index (χ1) is 22.1. The molecule has 46 heavy (non-hydrogen) atoms. The van der Waals surface area contributed by atoms with Crippen molar-refractivity contribution in [3.8, 4) is 10.4 Å². The topological polar surface area (TPSA) is 92.7 Å². The third-order valence-electron chi connectivity index (χ3n) is 7.51. The van der Waals surface area contributed by atoms with E-state index in [0.717, 1.165) is 16.0 Å². The molecule has 8 nitrogen and oxygen atoms in total. The Bertz CT molecular complexity index is 1920. The summed E-state index contributed by atoms with van der Waals surface area (Å²) in [7, 11) is 3.27. The van der Waals surface area contributed by atoms with Crippen LogP contribution in [0.2, 0.25) is 0 Å². The second-order valence-corrected chi connectivity index (χ2v) is 12.3. The maximum atomic E-state index is 14.9. The van der Waals surface area contributed by atoms with Crippen LogP contribution >= 0.6 is 11.3 Å². The van der Waals surface area contributed by atoms with Gasteiger partial charge in [0.05, 0.1) is 24.6 Å². The van der Waals surface area contributed by atoms with Gasteiger partial charge in [0.2, 0.25) is 5.43 Å². The SMILES string of the molecule is CONC(=O)Nc1ccc(-c2sc3c(c2CN(C)Cc2ccccc2)c(=O)c(C(=O)C(C)C)cn3Cc2c(F)cccc2F)cc1. The van der Waals surface area contributed by atoms with Crippen molar-refractivity contribution in [2.75, 3.05) is 19.5 Å². The highest BCUT2D eigenvalue weighted by molar-refractivity contribution is 7.22. The number of carbonyl (C=O) groups excluding carboxylic acids is 2. The Morgan fingerprint density at radius 1 is 0.935 bits per heavy atom. The zero-order chi connectivity index (χ0) is 33.0. The molecule has 238 valence electrons. The van der Waals surface area contributed by atoms with Gasteiger partial charge in [-0.1, -0.05) is 62.4 Å². The Morgan fingerprint density at radius 3 is 2.24 bits per heavy atom. The van der Waals surface area contributed by atoms with E-state index in [-0.39, 0.29) is 23.5 Å². The first-order valence-electron chi connectivity index (χ1n) is 14.7. The standard InChI is InChI=1S/C35H34F2N4O4S/c1-21(2)31(42)27-20-41(19-25-28(36)11-8-12-29(25)37)34-30(32(27)43)26(18-40(3)17-22-9-6-5-7-10-22)33(46-34)23-13-15-24(16-14-23)38-35(44)39-45-4/h5-16,20-21H,17-19H2,1-4H3,(H2,38,39,44). The molecule has 11 heteroatoms. The smallest absolute Gasteiger partial charge is 0.334 e. The van der Waals surface area contributed by atoms with E-state index in [1.54, 1.807) is 30.5 Å². The number of rotatable bonds is 11. The minimum absolute atomic E-state index is 0.0285. The molecule has 0 fully saturated rings. The predicted octanol–water partition coefficient (Wildman–Crippen LogP) is 7.21. The number of halogens is 2. The number of carbonyl (C=O) groups is 2. The number of benzene rings is 3. The number of thiophene rings is 1. The molecule has 5 aromatic rings. The lowest BCUT2D eigenvalue weighted by Gasteiger charge is -2.18. The molecule has 3 aromatic carbocycles. The van der Waals surface area contributed by atoms with Crippen molar-refractivity contribution in [2.45, 2.75) is 33.5 Å². The van der Waals surface area contributed by atoms with E-state index < -0.39 is 29.0 Å². The molecule has 0 unspecified atom stereocenters. The third-order valence-corrected chi connectivity index (χ3v) is 8.83. The fraction of sp³-hybridized carbons (Fsp3) is 0.229. The van der Waals surface area contributed by atoms with Crippen LogP contribution < -0.4 is 16.2 Å². The van der Waals surface area contributed by atoms with Gasteiger partial charge in [-0.3, -0.25) is 19.3 Å². The van der Waals surface area contributed by atoms with Gasteiger partial charge >= 0.3 is 6.03 Å². The number of nitrogens with zero attached hydrogens (tertiary/aromatic N) is 2. The van der Waals surface area contributed by atoms with Crippen LogP contribution in [0.15, 0.2) is 83.8 Å². The molecule has 0 aliphatic heterocycles. The van der Waals surface area contributed by atoms with Crippen LogP contribution in [0, 0.1) is 17.6 Å². The monoisotopic (exact) mass is 644 g/mol. The molecule has 2 N–H and O–H groups in total. The number of fused-ring (bicyclic) bond motifs is 1. The van der Waals surface area contributed by atoms with E-state index in [4.69, 9.17) is 0 Å². The van der Waals surface area contributed by atoms with Crippen molar-refractivity contribution in [3.05, 3.63) is 123 Å². The number of pyridine rings is 1. The number of ketones is 1. The van der Waals surface area contributed by atoms with Crippen LogP contribution in [-0.4, -0.2) is 35.4 Å². The van der Waals surface area contributed by atoms with Gasteiger partial charge in [-0.15, -0.1) is 11.3 Å². The highest BCUT2D eigenvalue weighted by Crippen LogP contribution is 2.39. The maximum absolute atomic E-state index is 14.9. The van der Waals surface area contributed by atoms with Crippen molar-refractivity contribution in [2.24, 2.45) is 5.92 Å². The van der Waals surface area contributed by atoms with E-state index in [9.17, 15) is 23.2 Å². The lowest BCUT2D eigenvalue weighted by molar-refractivity contribution is 0.0937. The molecule has 0 aliphatic carbocycles. The first kappa shape index (κ1) is 32.7. The Labute approximate surface area is 269 Å². The molecular weight excluding hydrogens is 610 g/mol. The number of hydroxylamine groups is 1. The first-order valence-corrected chi connectivity index (χ1v) is 15.5. The molecule has 2 heterocycles. The summed E-state index contributed by atoms with van der Waals surface area (Å²) in [5.74, 6) is -2.26. The van der Waals surface area contributed by atoms with E-state index in [1.165, 1.54) is 42.8 Å². The van der Waals surface area contributed by atoms with Crippen molar-refractivity contribution < 1.29 is 23.2 Å². The van der Waals surface area contributed by atoms with Gasteiger partial charge in [0.15, 0.2) is 5.78 Å². The Hall–Kier alpha value is -4.71. The number of hydrogen-bond donors (Lipinski definition) is 2. The molecule has 2 amide bonds. The second-order valence-electron chi connectivity index (χ2n) is 11.3. The Kier molecular flexibility index (Phi) is 10.1. The molecule has 5 rings (SSSR count). The summed E-state index contributed by atoms with van der Waals surface area (Å²) in [4.78, 5) is 47.5. The van der Waals surface area contributed by atoms with Crippen molar-refractivity contribution in [1.82, 2.24) is 14.9 Å². The van der Waals surface area contributed by atoms with Gasteiger partial charge in [0.1, 0.15) is 16.5 Å². The number of nitrogens with one attached hydrogen (secondary N) is 2. The highest BCUT2D eigenvalue weighted by Gasteiger charge is 2.26. The summed E-state index contributed by atoms with van der Waals surface area (Å²) >= 11 is 1.31. The average Bonchev–Trinajstić information content (AvgIpc) is 3.40. The molecule has 0 aliphatic rings. The van der Waals surface area contributed by atoms with Crippen LogP contribution in [-0.2, 0) is 24.5 Å². The number of amides is 2. The number of aromatic nitrogens is 1. The highest BCUT2D eigenvalue weighted by atomic mass is 32.1. The lowest BCUT2D eigenvalue weighted by Crippen LogP contribution is -2.27. The van der Waals surface area contributed by atoms with Gasteiger partial charge in [-0.2, -0.15) is 0 Å². The third kappa shape index (κ3) is 7.07. The summed E-state index contributed by atoms with van der Waals surface area (Å²) in [6, 6.07) is 20.1. The fourth-order valence-corrected chi connectivity index (χ4v) is 6.60. The van der Waals surface area contributed by atoms with Gasteiger partial charge < -0.3 is 9.88 Å². The van der Waals surface area contributed by atoms with Crippen LogP contribution in [0.5, 0.6) is 0 Å². The summed E-state index contributed by atoms with van der Waals surface area (Å²) in [6.45, 7) is 4.15. The van der Waals surface area contributed by atoms with Gasteiger partial charge in [-0.05, 0) is 48.0 Å². The second kappa shape index (κ2) is 14.2. The lowest BCUT2D eigenvalue weighted by atomic mass is 9.99. The molecule has 0 bridgehead atoms. The normalized spacial score (nSPS) is 11.4. The average molecular weight is 645 g/mol. The van der Waals surface area contributed by atoms with Crippen LogP contribution in [0.1, 0.15) is 40.9 Å². The van der Waals surface area contributed by atoms with Gasteiger partial charge in [0, 0.05) is 41.3 Å². The number of anilines is 1. The van der Waals surface area contributed by atoms with Gasteiger partial charge in [-0.25, -0.2) is 19.1 Å². The van der Waals surface area contributed by atoms with Crippen molar-refractivity contribution in [1.29, 1.82) is 0 Å². The van der Waals surface area contributed by atoms with E-state index in [1.807, 2.05) is 49.5 Å². The molecule has 0 spiro atoms. The minimum Gasteiger partial charge on any atom is -0.334 e. The van der Waals surface area contributed by atoms with Gasteiger partial charge in [0.25, 0.3) is 0 Å². The quantitative estimate of drug-likeness (QED) is 0.117. The zero-order valence-corrected chi connectivity index (χ0v) is 26.7. The Morgan fingerprint density at radius 2 is 1.61 bits per heavy atom. The molecule has 0 saturated carbocycles. The predicted molar refractivity (Wildman–Crippen MR) is 177 cm³/mol. The van der Waals surface area contributed by atoms with E-state index in [0.29, 0.717) is 34.6 Å². The van der Waals surface area contributed by atoms with E-state index >= 15 is 0 Å². The molecule has 0 saturated heterocycles. The number of hydrogen-bond acceptors (Lipinski definition) is 6. The summed E-state index contributed by atoms with van der Waals surface area (Å²) in [5, 5.41) is 3.00. The summed E-state index contributed by atoms with van der Waals surface area (Å²) in [6.07, 6.45) is 1.43. The molecule has 0 radical (unpaired) electrons. The molecule has 2 aromatic heterocycles. The largest absolute Gasteiger partial charge is 0.343 e.